The monoisotopic (exact) mass is 411 g/mol. The van der Waals surface area contributed by atoms with Crippen molar-refractivity contribution in [1.29, 1.82) is 0 Å². The highest BCUT2D eigenvalue weighted by atomic mass is 32.1. The van der Waals surface area contributed by atoms with E-state index >= 15 is 0 Å². The van der Waals surface area contributed by atoms with E-state index in [1.54, 1.807) is 0 Å². The molecule has 0 amide bonds. The molecule has 2 rings (SSSR count). The number of allylic oxidation sites excluding steroid dienone is 2. The number of cyclic esters (lactones) is 1. The number of carbonyl (C=O) groups excluding carboxylic acids is 2. The van der Waals surface area contributed by atoms with Crippen molar-refractivity contribution in [1.82, 2.24) is 5.32 Å². The van der Waals surface area contributed by atoms with Crippen LogP contribution in [0.15, 0.2) is 12.2 Å². The van der Waals surface area contributed by atoms with Crippen LogP contribution in [0, 0.1) is 11.8 Å². The van der Waals surface area contributed by atoms with Crippen molar-refractivity contribution >= 4 is 24.4 Å². The normalized spacial score (nSPS) is 32.6. The Balaban J connectivity index is 2.21. The van der Waals surface area contributed by atoms with Crippen LogP contribution in [0.1, 0.15) is 58.8 Å². The van der Waals surface area contributed by atoms with Crippen molar-refractivity contribution in [2.45, 2.75) is 75.9 Å². The minimum absolute atomic E-state index is 0.0892. The number of hydrogen-bond acceptors (Lipinski definition) is 7. The van der Waals surface area contributed by atoms with Crippen LogP contribution in [0.25, 0.3) is 0 Å². The maximum Gasteiger partial charge on any atom is 0.326 e. The first-order valence-corrected chi connectivity index (χ1v) is 11.2. The summed E-state index contributed by atoms with van der Waals surface area (Å²) in [5.74, 6) is 0.548. The highest BCUT2D eigenvalue weighted by Crippen LogP contribution is 2.45. The second-order valence-electron chi connectivity index (χ2n) is 8.51. The molecule has 0 radical (unpaired) electrons. The lowest BCUT2D eigenvalue weighted by Crippen LogP contribution is -2.66. The van der Waals surface area contributed by atoms with E-state index in [9.17, 15) is 9.59 Å². The van der Waals surface area contributed by atoms with Gasteiger partial charge in [0, 0.05) is 37.1 Å². The van der Waals surface area contributed by atoms with E-state index in [1.165, 1.54) is 0 Å². The highest BCUT2D eigenvalue weighted by molar-refractivity contribution is 7.80. The molecule has 1 heterocycles. The summed E-state index contributed by atoms with van der Waals surface area (Å²) in [6.07, 6.45) is 9.17. The zero-order chi connectivity index (χ0) is 20.8. The zero-order valence-electron chi connectivity index (χ0n) is 17.3. The quantitative estimate of drug-likeness (QED) is 0.235. The fraction of sp³-hybridized carbons (Fsp3) is 0.810. The summed E-state index contributed by atoms with van der Waals surface area (Å²) in [6.45, 7) is 5.15. The predicted octanol–water partition coefficient (Wildman–Crippen LogP) is 1.97. The van der Waals surface area contributed by atoms with Gasteiger partial charge < -0.3 is 21.5 Å². The van der Waals surface area contributed by atoms with Crippen molar-refractivity contribution in [3.05, 3.63) is 12.2 Å². The largest absolute Gasteiger partial charge is 0.464 e. The molecule has 1 aliphatic heterocycles. The first-order chi connectivity index (χ1) is 13.3. The number of Topliss-reactive ketones (excluding diaryl/α,β-unsaturated/α-hetero) is 1. The lowest BCUT2D eigenvalue weighted by atomic mass is 9.70. The van der Waals surface area contributed by atoms with Crippen molar-refractivity contribution in [3.8, 4) is 0 Å². The van der Waals surface area contributed by atoms with Crippen LogP contribution in [0.4, 0.5) is 0 Å². The topological polar surface area (TPSA) is 107 Å². The van der Waals surface area contributed by atoms with Gasteiger partial charge in [-0.15, -0.1) is 0 Å². The molecule has 1 saturated carbocycles. The first kappa shape index (κ1) is 23.4. The molecule has 0 spiro atoms. The Morgan fingerprint density at radius 1 is 1.43 bits per heavy atom. The molecule has 0 aromatic rings. The Bertz CT molecular complexity index is 585. The zero-order valence-corrected chi connectivity index (χ0v) is 18.2. The third kappa shape index (κ3) is 4.99. The SMILES string of the molecule is CC[C@H](C)CC=CCC(=O)[C@]1(NC[C@@H](N)CS)CCCC1[C@]1(N)CCOC1=O. The fourth-order valence-electron chi connectivity index (χ4n) is 4.46. The Kier molecular flexibility index (Phi) is 8.55. The van der Waals surface area contributed by atoms with E-state index in [-0.39, 0.29) is 23.7 Å². The molecular formula is C21H37N3O3S. The molecule has 1 aliphatic carbocycles. The fourth-order valence-corrected chi connectivity index (χ4v) is 4.59. The first-order valence-electron chi connectivity index (χ1n) is 10.6. The number of hydrogen-bond donors (Lipinski definition) is 4. The predicted molar refractivity (Wildman–Crippen MR) is 115 cm³/mol. The molecule has 0 aromatic heterocycles. The highest BCUT2D eigenvalue weighted by Gasteiger charge is 2.60. The Morgan fingerprint density at radius 2 is 2.18 bits per heavy atom. The molecule has 5 atom stereocenters. The van der Waals surface area contributed by atoms with Crippen LogP contribution < -0.4 is 16.8 Å². The van der Waals surface area contributed by atoms with Gasteiger partial charge in [0.1, 0.15) is 5.54 Å². The van der Waals surface area contributed by atoms with Gasteiger partial charge in [0.15, 0.2) is 5.78 Å². The van der Waals surface area contributed by atoms with Crippen LogP contribution in [0.5, 0.6) is 0 Å². The maximum absolute atomic E-state index is 13.4. The Labute approximate surface area is 174 Å². The van der Waals surface area contributed by atoms with Gasteiger partial charge in [0.25, 0.3) is 0 Å². The number of ketones is 1. The van der Waals surface area contributed by atoms with Crippen molar-refractivity contribution in [2.75, 3.05) is 18.9 Å². The average molecular weight is 412 g/mol. The summed E-state index contributed by atoms with van der Waals surface area (Å²) in [4.78, 5) is 25.8. The summed E-state index contributed by atoms with van der Waals surface area (Å²) in [6, 6.07) is -0.167. The standard InChI is InChI=1S/C21H37N3O3S/c1-3-15(2)7-4-5-9-18(25)21(24-13-16(22)14-28)10-6-8-17(21)20(23)11-12-27-19(20)26/h4-5,15-17,24,28H,3,6-14,22-23H2,1-2H3/t15-,16+,17?,20+,21-/m0/s1. The Hall–Kier alpha value is -0.890. The van der Waals surface area contributed by atoms with Crippen LogP contribution in [0.2, 0.25) is 0 Å². The van der Waals surface area contributed by atoms with Gasteiger partial charge in [-0.25, -0.2) is 0 Å². The summed E-state index contributed by atoms with van der Waals surface area (Å²) in [7, 11) is 0. The van der Waals surface area contributed by atoms with Crippen molar-refractivity contribution < 1.29 is 14.3 Å². The van der Waals surface area contributed by atoms with Gasteiger partial charge in [0.2, 0.25) is 0 Å². The molecule has 0 aromatic carbocycles. The molecule has 1 saturated heterocycles. The summed E-state index contributed by atoms with van der Waals surface area (Å²) in [5, 5.41) is 3.43. The molecule has 160 valence electrons. The van der Waals surface area contributed by atoms with E-state index in [1.807, 2.05) is 6.08 Å². The third-order valence-corrected chi connectivity index (χ3v) is 7.00. The number of ether oxygens (including phenoxy) is 1. The van der Waals surface area contributed by atoms with E-state index < -0.39 is 11.1 Å². The molecule has 2 aliphatic rings. The number of rotatable bonds is 11. The lowest BCUT2D eigenvalue weighted by Gasteiger charge is -2.42. The maximum atomic E-state index is 13.4. The molecule has 28 heavy (non-hydrogen) atoms. The van der Waals surface area contributed by atoms with Gasteiger partial charge in [-0.1, -0.05) is 38.8 Å². The van der Waals surface area contributed by atoms with Gasteiger partial charge in [0.05, 0.1) is 12.1 Å². The Morgan fingerprint density at radius 3 is 2.79 bits per heavy atom. The van der Waals surface area contributed by atoms with Crippen molar-refractivity contribution in [2.24, 2.45) is 23.3 Å². The molecule has 6 nitrogen and oxygen atoms in total. The summed E-state index contributed by atoms with van der Waals surface area (Å²) in [5.41, 5.74) is 10.7. The van der Waals surface area contributed by atoms with Gasteiger partial charge in [-0.2, -0.15) is 12.6 Å². The second-order valence-corrected chi connectivity index (χ2v) is 8.88. The lowest BCUT2D eigenvalue weighted by molar-refractivity contribution is -0.145. The number of nitrogens with one attached hydrogen (secondary N) is 1. The smallest absolute Gasteiger partial charge is 0.326 e. The molecule has 7 heteroatoms. The van der Waals surface area contributed by atoms with Gasteiger partial charge in [-0.3, -0.25) is 9.59 Å². The number of carbonyl (C=O) groups is 2. The number of nitrogens with two attached hydrogens (primary N) is 2. The van der Waals surface area contributed by atoms with Crippen LogP contribution in [-0.2, 0) is 14.3 Å². The third-order valence-electron chi connectivity index (χ3n) is 6.53. The molecule has 1 unspecified atom stereocenters. The number of thiol groups is 1. The molecular weight excluding hydrogens is 374 g/mol. The van der Waals surface area contributed by atoms with E-state index in [0.717, 1.165) is 25.7 Å². The minimum Gasteiger partial charge on any atom is -0.464 e. The molecule has 2 fully saturated rings. The van der Waals surface area contributed by atoms with Crippen molar-refractivity contribution in [3.63, 3.8) is 0 Å². The molecule has 0 bridgehead atoms. The van der Waals surface area contributed by atoms with E-state index in [4.69, 9.17) is 16.2 Å². The van der Waals surface area contributed by atoms with E-state index in [2.05, 4.69) is 37.9 Å². The van der Waals surface area contributed by atoms with Crippen LogP contribution in [-0.4, -0.2) is 47.8 Å². The second kappa shape index (κ2) is 10.2. The number of esters is 1. The van der Waals surface area contributed by atoms with Gasteiger partial charge >= 0.3 is 5.97 Å². The summed E-state index contributed by atoms with van der Waals surface area (Å²) < 4.78 is 5.18. The average Bonchev–Trinajstić information content (AvgIpc) is 3.28. The molecule has 5 N–H and O–H groups in total. The van der Waals surface area contributed by atoms with E-state index in [0.29, 0.717) is 44.1 Å². The summed E-state index contributed by atoms with van der Waals surface area (Å²) >= 11 is 4.25. The van der Waals surface area contributed by atoms with Crippen LogP contribution >= 0.6 is 12.6 Å². The van der Waals surface area contributed by atoms with Crippen LogP contribution in [0.3, 0.4) is 0 Å². The van der Waals surface area contributed by atoms with Gasteiger partial charge in [-0.05, 0) is 25.2 Å². The minimum atomic E-state index is -1.11.